The van der Waals surface area contributed by atoms with Crippen LogP contribution in [-0.2, 0) is 15.1 Å². The van der Waals surface area contributed by atoms with Gasteiger partial charge in [0.2, 0.25) is 0 Å². The van der Waals surface area contributed by atoms with Crippen LogP contribution in [0.25, 0.3) is 0 Å². The fourth-order valence-corrected chi connectivity index (χ4v) is 5.10. The third-order valence-corrected chi connectivity index (χ3v) is 6.13. The Labute approximate surface area is 169 Å². The van der Waals surface area contributed by atoms with Crippen molar-refractivity contribution >= 4 is 11.9 Å². The van der Waals surface area contributed by atoms with Crippen LogP contribution in [0, 0.1) is 5.92 Å². The minimum absolute atomic E-state index is 0.154. The number of benzene rings is 3. The van der Waals surface area contributed by atoms with Crippen LogP contribution in [-0.4, -0.2) is 18.5 Å². The van der Waals surface area contributed by atoms with Crippen LogP contribution in [0.1, 0.15) is 45.5 Å². The number of hydrogen-bond donors (Lipinski definition) is 1. The molecule has 3 aromatic carbocycles. The van der Waals surface area contributed by atoms with E-state index in [0.717, 1.165) is 22.3 Å². The van der Waals surface area contributed by atoms with E-state index >= 15 is 0 Å². The molecule has 1 spiro atoms. The molecule has 0 saturated heterocycles. The van der Waals surface area contributed by atoms with Gasteiger partial charge in [0.1, 0.15) is 5.54 Å². The molecule has 1 N–H and O–H groups in total. The summed E-state index contributed by atoms with van der Waals surface area (Å²) in [6, 6.07) is 25.6. The van der Waals surface area contributed by atoms with Crippen molar-refractivity contribution in [3.8, 4) is 0 Å². The van der Waals surface area contributed by atoms with E-state index in [-0.39, 0.29) is 17.8 Å². The summed E-state index contributed by atoms with van der Waals surface area (Å²) in [5.41, 5.74) is 3.57. The zero-order chi connectivity index (χ0) is 20.0. The van der Waals surface area contributed by atoms with Gasteiger partial charge < -0.3 is 10.1 Å². The molecular formula is C25H21NO3. The molecule has 3 atom stereocenters. The molecule has 1 amide bonds. The molecule has 1 aliphatic heterocycles. The van der Waals surface area contributed by atoms with E-state index in [0.29, 0.717) is 12.2 Å². The second-order valence-electron chi connectivity index (χ2n) is 7.51. The molecule has 1 heterocycles. The van der Waals surface area contributed by atoms with Crippen molar-refractivity contribution in [3.63, 3.8) is 0 Å². The summed E-state index contributed by atoms with van der Waals surface area (Å²) < 4.78 is 5.56. The number of esters is 1. The van der Waals surface area contributed by atoms with Gasteiger partial charge >= 0.3 is 5.97 Å². The molecule has 0 saturated carbocycles. The van der Waals surface area contributed by atoms with Gasteiger partial charge in [-0.3, -0.25) is 9.59 Å². The minimum Gasteiger partial charge on any atom is -0.466 e. The monoisotopic (exact) mass is 383 g/mol. The lowest BCUT2D eigenvalue weighted by Gasteiger charge is -2.34. The highest BCUT2D eigenvalue weighted by Gasteiger charge is 2.61. The van der Waals surface area contributed by atoms with Crippen molar-refractivity contribution in [2.24, 2.45) is 5.92 Å². The average Bonchev–Trinajstić information content (AvgIpc) is 3.22. The van der Waals surface area contributed by atoms with E-state index in [2.05, 4.69) is 11.4 Å². The maximum Gasteiger partial charge on any atom is 0.313 e. The third kappa shape index (κ3) is 2.38. The molecule has 144 valence electrons. The molecule has 0 bridgehead atoms. The van der Waals surface area contributed by atoms with Crippen LogP contribution >= 0.6 is 0 Å². The Morgan fingerprint density at radius 3 is 2.34 bits per heavy atom. The van der Waals surface area contributed by atoms with E-state index in [1.165, 1.54) is 0 Å². The fraction of sp³-hybridized carbons (Fsp3) is 0.200. The molecule has 1 aliphatic carbocycles. The highest BCUT2D eigenvalue weighted by Crippen LogP contribution is 2.57. The normalized spacial score (nSPS) is 24.1. The molecule has 29 heavy (non-hydrogen) atoms. The summed E-state index contributed by atoms with van der Waals surface area (Å²) in [5.74, 6) is -1.25. The molecular weight excluding hydrogens is 362 g/mol. The first-order valence-electron chi connectivity index (χ1n) is 9.91. The molecule has 3 unspecified atom stereocenters. The summed E-state index contributed by atoms with van der Waals surface area (Å²) in [6.07, 6.45) is 0. The molecule has 4 heteroatoms. The Bertz CT molecular complexity index is 1110. The largest absolute Gasteiger partial charge is 0.466 e. The zero-order valence-corrected chi connectivity index (χ0v) is 16.1. The predicted molar refractivity (Wildman–Crippen MR) is 110 cm³/mol. The van der Waals surface area contributed by atoms with Crippen molar-refractivity contribution in [3.05, 3.63) is 107 Å². The predicted octanol–water partition coefficient (Wildman–Crippen LogP) is 4.00. The number of amides is 1. The summed E-state index contributed by atoms with van der Waals surface area (Å²) in [5, 5.41) is 3.20. The van der Waals surface area contributed by atoms with E-state index < -0.39 is 11.5 Å². The molecule has 5 rings (SSSR count). The van der Waals surface area contributed by atoms with Crippen LogP contribution in [0.5, 0.6) is 0 Å². The van der Waals surface area contributed by atoms with Gasteiger partial charge in [0, 0.05) is 11.5 Å². The van der Waals surface area contributed by atoms with Gasteiger partial charge in [-0.2, -0.15) is 0 Å². The van der Waals surface area contributed by atoms with Gasteiger partial charge in [-0.25, -0.2) is 0 Å². The van der Waals surface area contributed by atoms with Gasteiger partial charge in [-0.15, -0.1) is 0 Å². The van der Waals surface area contributed by atoms with Gasteiger partial charge in [0.05, 0.1) is 12.5 Å². The Kier molecular flexibility index (Phi) is 4.02. The van der Waals surface area contributed by atoms with Gasteiger partial charge in [0.15, 0.2) is 0 Å². The van der Waals surface area contributed by atoms with Gasteiger partial charge in [-0.05, 0) is 35.2 Å². The second-order valence-corrected chi connectivity index (χ2v) is 7.51. The second kappa shape index (κ2) is 6.59. The minimum atomic E-state index is -0.934. The van der Waals surface area contributed by atoms with Crippen molar-refractivity contribution in [1.82, 2.24) is 5.32 Å². The topological polar surface area (TPSA) is 55.4 Å². The highest BCUT2D eigenvalue weighted by molar-refractivity contribution is 6.02. The number of carbonyl (C=O) groups excluding carboxylic acids is 2. The summed E-state index contributed by atoms with van der Waals surface area (Å²) in [4.78, 5) is 26.3. The molecule has 0 aromatic heterocycles. The third-order valence-electron chi connectivity index (χ3n) is 6.13. The number of rotatable bonds is 3. The Morgan fingerprint density at radius 2 is 1.59 bits per heavy atom. The zero-order valence-electron chi connectivity index (χ0n) is 16.1. The lowest BCUT2D eigenvalue weighted by Crippen LogP contribution is -2.48. The number of nitrogens with one attached hydrogen (secondary N) is 1. The lowest BCUT2D eigenvalue weighted by molar-refractivity contribution is -0.150. The Balaban J connectivity index is 1.83. The van der Waals surface area contributed by atoms with E-state index in [1.54, 1.807) is 0 Å². The smallest absolute Gasteiger partial charge is 0.313 e. The first-order chi connectivity index (χ1) is 14.2. The average molecular weight is 383 g/mol. The van der Waals surface area contributed by atoms with Crippen LogP contribution in [0.15, 0.2) is 78.9 Å². The number of hydrogen-bond acceptors (Lipinski definition) is 3. The molecule has 0 fully saturated rings. The van der Waals surface area contributed by atoms with Gasteiger partial charge in [-0.1, -0.05) is 72.8 Å². The van der Waals surface area contributed by atoms with Crippen molar-refractivity contribution < 1.29 is 14.3 Å². The van der Waals surface area contributed by atoms with Crippen molar-refractivity contribution in [2.75, 3.05) is 6.61 Å². The summed E-state index contributed by atoms with van der Waals surface area (Å²) >= 11 is 0. The first-order valence-corrected chi connectivity index (χ1v) is 9.91. The maximum atomic E-state index is 13.4. The molecule has 0 radical (unpaired) electrons. The first kappa shape index (κ1) is 17.7. The number of ether oxygens (including phenoxy) is 1. The van der Waals surface area contributed by atoms with Crippen molar-refractivity contribution in [1.29, 1.82) is 0 Å². The van der Waals surface area contributed by atoms with Crippen LogP contribution in [0.4, 0.5) is 0 Å². The van der Waals surface area contributed by atoms with Crippen LogP contribution in [0.2, 0.25) is 0 Å². The quantitative estimate of drug-likeness (QED) is 0.696. The van der Waals surface area contributed by atoms with E-state index in [4.69, 9.17) is 4.74 Å². The lowest BCUT2D eigenvalue weighted by atomic mass is 9.74. The summed E-state index contributed by atoms with van der Waals surface area (Å²) in [7, 11) is 0. The highest BCUT2D eigenvalue weighted by atomic mass is 16.5. The number of fused-ring (bicyclic) bond motifs is 4. The van der Waals surface area contributed by atoms with Crippen LogP contribution < -0.4 is 5.32 Å². The summed E-state index contributed by atoms with van der Waals surface area (Å²) in [6.45, 7) is 2.10. The molecule has 2 aliphatic rings. The van der Waals surface area contributed by atoms with Gasteiger partial charge in [0.25, 0.3) is 5.91 Å². The fourth-order valence-electron chi connectivity index (χ4n) is 5.10. The Morgan fingerprint density at radius 1 is 0.931 bits per heavy atom. The molecule has 3 aromatic rings. The molecule has 4 nitrogen and oxygen atoms in total. The Hall–Kier alpha value is -3.40. The standard InChI is InChI=1S/C25H21NO3/c1-2-29-24(28)22-21(16-10-4-3-5-11-16)17-12-6-8-14-19(17)25(22)20-15-9-7-13-18(20)23(27)26-25/h3-15,21-22H,2H2,1H3,(H,26,27). The van der Waals surface area contributed by atoms with Crippen molar-refractivity contribution in [2.45, 2.75) is 18.4 Å². The van der Waals surface area contributed by atoms with Crippen LogP contribution in [0.3, 0.4) is 0 Å². The van der Waals surface area contributed by atoms with E-state index in [9.17, 15) is 9.59 Å². The SMILES string of the molecule is CCOC(=O)C1C(c2ccccc2)c2ccccc2C12NC(=O)c1ccccc12. The van der Waals surface area contributed by atoms with E-state index in [1.807, 2.05) is 79.7 Å². The maximum absolute atomic E-state index is 13.4. The number of carbonyl (C=O) groups is 2.